The van der Waals surface area contributed by atoms with Crippen LogP contribution in [0.4, 0.5) is 20.2 Å². The summed E-state index contributed by atoms with van der Waals surface area (Å²) in [5.41, 5.74) is -0.0324. The lowest BCUT2D eigenvalue weighted by molar-refractivity contribution is -0.121. The first kappa shape index (κ1) is 21.7. The zero-order chi connectivity index (χ0) is 22.1. The van der Waals surface area contributed by atoms with Crippen molar-refractivity contribution in [1.82, 2.24) is 5.32 Å². The Balaban J connectivity index is 1.73. The minimum Gasteiger partial charge on any atom is -0.388 e. The van der Waals surface area contributed by atoms with Crippen molar-refractivity contribution in [3.8, 4) is 0 Å². The molecule has 30 heavy (non-hydrogen) atoms. The highest BCUT2D eigenvalue weighted by atomic mass is 19.1. The highest BCUT2D eigenvalue weighted by Gasteiger charge is 2.37. The van der Waals surface area contributed by atoms with Gasteiger partial charge in [-0.05, 0) is 44.2 Å². The molecule has 0 bridgehead atoms. The van der Waals surface area contributed by atoms with E-state index in [0.29, 0.717) is 11.4 Å². The van der Waals surface area contributed by atoms with Crippen molar-refractivity contribution in [1.29, 1.82) is 0 Å². The summed E-state index contributed by atoms with van der Waals surface area (Å²) >= 11 is 0. The van der Waals surface area contributed by atoms with Gasteiger partial charge in [-0.25, -0.2) is 8.78 Å². The molecule has 1 aliphatic rings. The summed E-state index contributed by atoms with van der Waals surface area (Å²) in [5, 5.41) is 18.3. The van der Waals surface area contributed by atoms with Crippen LogP contribution in [-0.2, 0) is 22.7 Å². The summed E-state index contributed by atoms with van der Waals surface area (Å²) < 4.78 is 33.0. The van der Waals surface area contributed by atoms with Crippen LogP contribution in [0.15, 0.2) is 30.3 Å². The Morgan fingerprint density at radius 3 is 2.50 bits per heavy atom. The van der Waals surface area contributed by atoms with Gasteiger partial charge < -0.3 is 25.8 Å². The van der Waals surface area contributed by atoms with E-state index < -0.39 is 29.2 Å². The van der Waals surface area contributed by atoms with Gasteiger partial charge in [0, 0.05) is 30.3 Å². The second-order valence-corrected chi connectivity index (χ2v) is 7.63. The number of hydrogen-bond acceptors (Lipinski definition) is 5. The summed E-state index contributed by atoms with van der Waals surface area (Å²) in [5.74, 6) is -2.15. The van der Waals surface area contributed by atoms with Crippen molar-refractivity contribution in [3.63, 3.8) is 0 Å². The molecule has 2 amide bonds. The first-order valence-corrected chi connectivity index (χ1v) is 9.28. The molecule has 0 spiro atoms. The molecule has 1 aliphatic heterocycles. The summed E-state index contributed by atoms with van der Waals surface area (Å²) in [7, 11) is 1.38. The molecule has 2 aromatic carbocycles. The zero-order valence-electron chi connectivity index (χ0n) is 16.8. The Bertz CT molecular complexity index is 989. The molecule has 3 rings (SSSR count). The predicted molar refractivity (Wildman–Crippen MR) is 107 cm³/mol. The minimum atomic E-state index is -1.32. The van der Waals surface area contributed by atoms with Gasteiger partial charge in [0.25, 0.3) is 5.91 Å². The van der Waals surface area contributed by atoms with Gasteiger partial charge in [0.2, 0.25) is 5.91 Å². The topological polar surface area (TPSA) is 99.7 Å². The number of nitrogens with one attached hydrogen (secondary N) is 3. The summed E-state index contributed by atoms with van der Waals surface area (Å²) in [6.45, 7) is 2.73. The number of amides is 2. The average Bonchev–Trinajstić information content (AvgIpc) is 2.67. The molecule has 7 nitrogen and oxygen atoms in total. The molecule has 0 fully saturated rings. The van der Waals surface area contributed by atoms with Gasteiger partial charge in [0.05, 0.1) is 23.6 Å². The Morgan fingerprint density at radius 2 is 1.83 bits per heavy atom. The molecule has 2 aromatic rings. The number of fused-ring (bicyclic) bond motifs is 1. The summed E-state index contributed by atoms with van der Waals surface area (Å²) in [4.78, 5) is 24.6. The third-order valence-electron chi connectivity index (χ3n) is 4.76. The fourth-order valence-electron chi connectivity index (χ4n) is 3.15. The fraction of sp³-hybridized carbons (Fsp3) is 0.333. The van der Waals surface area contributed by atoms with E-state index in [9.17, 15) is 23.5 Å². The number of aliphatic hydroxyl groups is 1. The van der Waals surface area contributed by atoms with Crippen LogP contribution in [-0.4, -0.2) is 35.7 Å². The van der Waals surface area contributed by atoms with E-state index in [1.54, 1.807) is 6.07 Å². The van der Waals surface area contributed by atoms with Crippen LogP contribution in [0, 0.1) is 11.6 Å². The monoisotopic (exact) mass is 419 g/mol. The molecule has 0 saturated carbocycles. The second kappa shape index (κ2) is 8.37. The number of benzene rings is 2. The van der Waals surface area contributed by atoms with E-state index in [2.05, 4.69) is 16.0 Å². The largest absolute Gasteiger partial charge is 0.388 e. The van der Waals surface area contributed by atoms with Crippen molar-refractivity contribution in [2.24, 2.45) is 0 Å². The van der Waals surface area contributed by atoms with Gasteiger partial charge in [-0.1, -0.05) is 0 Å². The van der Waals surface area contributed by atoms with Gasteiger partial charge in [-0.3, -0.25) is 9.59 Å². The number of halogens is 2. The minimum absolute atomic E-state index is 0.00569. The summed E-state index contributed by atoms with van der Waals surface area (Å²) in [6.07, 6.45) is 0. The van der Waals surface area contributed by atoms with Crippen LogP contribution in [0.2, 0.25) is 0 Å². The van der Waals surface area contributed by atoms with Crippen LogP contribution < -0.4 is 16.0 Å². The molecular weight excluding hydrogens is 396 g/mol. The molecule has 160 valence electrons. The SMILES string of the molecule is COCc1cc(F)c(CNC(=O)c2ccc3c(c2)N[C@@H](C(C)(C)O)C(=O)N3)cc1F. The van der Waals surface area contributed by atoms with Crippen molar-refractivity contribution in [3.05, 3.63) is 58.7 Å². The van der Waals surface area contributed by atoms with Crippen molar-refractivity contribution < 1.29 is 28.2 Å². The predicted octanol–water partition coefficient (Wildman–Crippen LogP) is 2.54. The lowest BCUT2D eigenvalue weighted by Gasteiger charge is -2.34. The second-order valence-electron chi connectivity index (χ2n) is 7.63. The van der Waals surface area contributed by atoms with Crippen molar-refractivity contribution in [2.75, 3.05) is 17.7 Å². The smallest absolute Gasteiger partial charge is 0.251 e. The van der Waals surface area contributed by atoms with E-state index in [1.807, 2.05) is 0 Å². The molecule has 1 atom stereocenters. The number of hydrogen-bond donors (Lipinski definition) is 4. The molecule has 9 heteroatoms. The number of carbonyl (C=O) groups is 2. The molecule has 0 aliphatic carbocycles. The van der Waals surface area contributed by atoms with Crippen LogP contribution in [0.1, 0.15) is 35.3 Å². The number of carbonyl (C=O) groups excluding carboxylic acids is 2. The zero-order valence-corrected chi connectivity index (χ0v) is 16.8. The Morgan fingerprint density at radius 1 is 1.17 bits per heavy atom. The van der Waals surface area contributed by atoms with E-state index in [-0.39, 0.29) is 35.7 Å². The lowest BCUT2D eigenvalue weighted by atomic mass is 9.95. The first-order valence-electron chi connectivity index (χ1n) is 9.28. The van der Waals surface area contributed by atoms with E-state index in [1.165, 1.54) is 33.1 Å². The van der Waals surface area contributed by atoms with Crippen molar-refractivity contribution >= 4 is 23.2 Å². The van der Waals surface area contributed by atoms with Gasteiger partial charge in [-0.15, -0.1) is 0 Å². The molecule has 0 aromatic heterocycles. The van der Waals surface area contributed by atoms with Crippen LogP contribution >= 0.6 is 0 Å². The maximum absolute atomic E-state index is 14.2. The van der Waals surface area contributed by atoms with E-state index in [0.717, 1.165) is 12.1 Å². The van der Waals surface area contributed by atoms with Gasteiger partial charge in [-0.2, -0.15) is 0 Å². The average molecular weight is 419 g/mol. The number of methoxy groups -OCH3 is 1. The standard InChI is InChI=1S/C21H23F2N3O4/c1-21(2,29)18-20(28)26-16-5-4-11(8-17(16)25-18)19(27)24-9-12-6-15(23)13(10-30-3)7-14(12)22/h4-8,18,25,29H,9-10H2,1-3H3,(H,24,27)(H,26,28)/t18-/m1/s1. The number of ether oxygens (including phenoxy) is 1. The van der Waals surface area contributed by atoms with Gasteiger partial charge in [0.15, 0.2) is 0 Å². The Labute approximate surface area is 172 Å². The number of anilines is 2. The normalized spacial score (nSPS) is 15.8. The molecule has 0 radical (unpaired) electrons. The van der Waals surface area contributed by atoms with Crippen LogP contribution in [0.3, 0.4) is 0 Å². The van der Waals surface area contributed by atoms with Gasteiger partial charge >= 0.3 is 0 Å². The highest BCUT2D eigenvalue weighted by Crippen LogP contribution is 2.30. The van der Waals surface area contributed by atoms with Crippen molar-refractivity contribution in [2.45, 2.75) is 38.6 Å². The molecule has 4 N–H and O–H groups in total. The molecule has 0 saturated heterocycles. The fourth-order valence-corrected chi connectivity index (χ4v) is 3.15. The maximum atomic E-state index is 14.2. The highest BCUT2D eigenvalue weighted by molar-refractivity contribution is 6.05. The third-order valence-corrected chi connectivity index (χ3v) is 4.76. The lowest BCUT2D eigenvalue weighted by Crippen LogP contribution is -2.52. The quantitative estimate of drug-likeness (QED) is 0.577. The first-order chi connectivity index (χ1) is 14.1. The molecule has 0 unspecified atom stereocenters. The Kier molecular flexibility index (Phi) is 6.04. The summed E-state index contributed by atoms with van der Waals surface area (Å²) in [6, 6.07) is 5.74. The maximum Gasteiger partial charge on any atom is 0.251 e. The molecular formula is C21H23F2N3O4. The van der Waals surface area contributed by atoms with E-state index >= 15 is 0 Å². The molecule has 1 heterocycles. The van der Waals surface area contributed by atoms with Gasteiger partial charge in [0.1, 0.15) is 17.7 Å². The van der Waals surface area contributed by atoms with Crippen LogP contribution in [0.5, 0.6) is 0 Å². The Hall–Kier alpha value is -3.04. The third kappa shape index (κ3) is 4.58. The number of rotatable bonds is 6. The van der Waals surface area contributed by atoms with Crippen LogP contribution in [0.25, 0.3) is 0 Å². The van der Waals surface area contributed by atoms with E-state index in [4.69, 9.17) is 4.74 Å².